The Hall–Kier alpha value is -3.68. The van der Waals surface area contributed by atoms with E-state index in [2.05, 4.69) is 15.8 Å². The smallest absolute Gasteiger partial charge is 0.343 e. The van der Waals surface area contributed by atoms with Gasteiger partial charge >= 0.3 is 17.8 Å². The van der Waals surface area contributed by atoms with Crippen molar-refractivity contribution >= 4 is 52.9 Å². The van der Waals surface area contributed by atoms with E-state index >= 15 is 0 Å². The Morgan fingerprint density at radius 3 is 2.26 bits per heavy atom. The van der Waals surface area contributed by atoms with Gasteiger partial charge in [0, 0.05) is 10.6 Å². The van der Waals surface area contributed by atoms with E-state index in [0.717, 1.165) is 0 Å². The maximum absolute atomic E-state index is 12.3. The molecule has 0 saturated carbocycles. The second-order valence-electron chi connectivity index (χ2n) is 6.07. The molecule has 2 N–H and O–H groups in total. The average Bonchev–Trinajstić information content (AvgIpc) is 2.76. The van der Waals surface area contributed by atoms with Gasteiger partial charge in [-0.05, 0) is 48.5 Å². The molecule has 3 aromatic carbocycles. The molecule has 0 fully saturated rings. The molecule has 0 aromatic heterocycles. The zero-order valence-corrected chi connectivity index (χ0v) is 17.4. The summed E-state index contributed by atoms with van der Waals surface area (Å²) in [4.78, 5) is 36.2. The Morgan fingerprint density at radius 1 is 0.839 bits per heavy atom. The molecule has 0 radical (unpaired) electrons. The summed E-state index contributed by atoms with van der Waals surface area (Å²) < 4.78 is 5.39. The van der Waals surface area contributed by atoms with Crippen LogP contribution in [0, 0.1) is 0 Å². The minimum atomic E-state index is -0.994. The van der Waals surface area contributed by atoms with Gasteiger partial charge in [0.1, 0.15) is 5.75 Å². The first-order valence-electron chi connectivity index (χ1n) is 8.90. The second kappa shape index (κ2) is 10.4. The zero-order chi connectivity index (χ0) is 22.2. The quantitative estimate of drug-likeness (QED) is 0.197. The SMILES string of the molecule is O=C(N/N=C/c1ccccc1OC(=O)c1ccc(Cl)cc1)C(=O)Nc1ccccc1Cl. The van der Waals surface area contributed by atoms with Crippen molar-refractivity contribution in [3.05, 3.63) is 94.0 Å². The number of hydrogen-bond acceptors (Lipinski definition) is 5. The molecule has 0 atom stereocenters. The van der Waals surface area contributed by atoms with Crippen LogP contribution in [0.1, 0.15) is 15.9 Å². The van der Waals surface area contributed by atoms with Gasteiger partial charge in [-0.25, -0.2) is 10.2 Å². The molecular weight excluding hydrogens is 441 g/mol. The van der Waals surface area contributed by atoms with Gasteiger partial charge in [0.25, 0.3) is 0 Å². The molecule has 0 unspecified atom stereocenters. The lowest BCUT2D eigenvalue weighted by Crippen LogP contribution is -2.32. The first kappa shape index (κ1) is 22.0. The number of hydrogen-bond donors (Lipinski definition) is 2. The van der Waals surface area contributed by atoms with E-state index in [1.165, 1.54) is 6.21 Å². The molecular formula is C22H15Cl2N3O4. The fraction of sp³-hybridized carbons (Fsp3) is 0. The summed E-state index contributed by atoms with van der Waals surface area (Å²) in [7, 11) is 0. The van der Waals surface area contributed by atoms with Crippen LogP contribution in [0.2, 0.25) is 10.0 Å². The Balaban J connectivity index is 1.62. The molecule has 0 spiro atoms. The summed E-state index contributed by atoms with van der Waals surface area (Å²) in [5, 5.41) is 6.93. The lowest BCUT2D eigenvalue weighted by atomic mass is 10.2. The summed E-state index contributed by atoms with van der Waals surface area (Å²) in [6.45, 7) is 0. The number of esters is 1. The Bertz CT molecular complexity index is 1150. The molecule has 0 bridgehead atoms. The highest BCUT2D eigenvalue weighted by Crippen LogP contribution is 2.20. The topological polar surface area (TPSA) is 96.9 Å². The van der Waals surface area contributed by atoms with Crippen LogP contribution in [0.25, 0.3) is 0 Å². The summed E-state index contributed by atoms with van der Waals surface area (Å²) in [5.41, 5.74) is 3.14. The van der Waals surface area contributed by atoms with Gasteiger partial charge in [0.2, 0.25) is 0 Å². The van der Waals surface area contributed by atoms with Gasteiger partial charge in [-0.3, -0.25) is 9.59 Å². The van der Waals surface area contributed by atoms with Crippen molar-refractivity contribution in [2.75, 3.05) is 5.32 Å². The van der Waals surface area contributed by atoms with E-state index in [9.17, 15) is 14.4 Å². The van der Waals surface area contributed by atoms with Crippen LogP contribution in [-0.4, -0.2) is 24.0 Å². The van der Waals surface area contributed by atoms with Gasteiger partial charge in [-0.15, -0.1) is 0 Å². The van der Waals surface area contributed by atoms with Crippen molar-refractivity contribution < 1.29 is 19.1 Å². The minimum Gasteiger partial charge on any atom is -0.422 e. The van der Waals surface area contributed by atoms with Gasteiger partial charge in [0.05, 0.1) is 22.5 Å². The van der Waals surface area contributed by atoms with Gasteiger partial charge < -0.3 is 10.1 Å². The predicted molar refractivity (Wildman–Crippen MR) is 119 cm³/mol. The van der Waals surface area contributed by atoms with Crippen LogP contribution in [0.4, 0.5) is 5.69 Å². The number of hydrazone groups is 1. The van der Waals surface area contributed by atoms with E-state index in [-0.39, 0.29) is 5.75 Å². The number of nitrogens with one attached hydrogen (secondary N) is 2. The van der Waals surface area contributed by atoms with Crippen molar-refractivity contribution in [3.63, 3.8) is 0 Å². The predicted octanol–water partition coefficient (Wildman–Crippen LogP) is 4.30. The van der Waals surface area contributed by atoms with Crippen LogP contribution in [-0.2, 0) is 9.59 Å². The van der Waals surface area contributed by atoms with E-state index in [1.54, 1.807) is 72.8 Å². The third-order valence-corrected chi connectivity index (χ3v) is 4.48. The van der Waals surface area contributed by atoms with Crippen molar-refractivity contribution in [2.45, 2.75) is 0 Å². The summed E-state index contributed by atoms with van der Waals surface area (Å²) in [6, 6.07) is 19.3. The molecule has 31 heavy (non-hydrogen) atoms. The number of amides is 2. The average molecular weight is 456 g/mol. The van der Waals surface area contributed by atoms with Gasteiger partial charge in [-0.2, -0.15) is 5.10 Å². The van der Waals surface area contributed by atoms with Gasteiger partial charge in [0.15, 0.2) is 0 Å². The number of benzene rings is 3. The fourth-order valence-electron chi connectivity index (χ4n) is 2.38. The van der Waals surface area contributed by atoms with Gasteiger partial charge in [-0.1, -0.05) is 47.5 Å². The molecule has 0 heterocycles. The third-order valence-electron chi connectivity index (χ3n) is 3.90. The van der Waals surface area contributed by atoms with Crippen LogP contribution in [0.5, 0.6) is 5.75 Å². The van der Waals surface area contributed by atoms with E-state index in [4.69, 9.17) is 27.9 Å². The number of anilines is 1. The number of para-hydroxylation sites is 2. The Morgan fingerprint density at radius 2 is 1.52 bits per heavy atom. The maximum Gasteiger partial charge on any atom is 0.343 e. The number of carbonyl (C=O) groups is 3. The molecule has 0 aliphatic rings. The molecule has 3 aromatic rings. The highest BCUT2D eigenvalue weighted by molar-refractivity contribution is 6.41. The summed E-state index contributed by atoms with van der Waals surface area (Å²) in [6.07, 6.45) is 1.26. The van der Waals surface area contributed by atoms with E-state index in [0.29, 0.717) is 26.9 Å². The number of halogens is 2. The normalized spacial score (nSPS) is 10.5. The molecule has 9 heteroatoms. The number of carbonyl (C=O) groups excluding carboxylic acids is 3. The maximum atomic E-state index is 12.3. The summed E-state index contributed by atoms with van der Waals surface area (Å²) in [5.74, 6) is -2.29. The summed E-state index contributed by atoms with van der Waals surface area (Å²) >= 11 is 11.8. The van der Waals surface area contributed by atoms with Crippen LogP contribution < -0.4 is 15.5 Å². The van der Waals surface area contributed by atoms with Crippen LogP contribution in [0.15, 0.2) is 77.9 Å². The molecule has 3 rings (SSSR count). The van der Waals surface area contributed by atoms with Crippen molar-refractivity contribution in [3.8, 4) is 5.75 Å². The molecule has 156 valence electrons. The first-order valence-corrected chi connectivity index (χ1v) is 9.65. The Kier molecular flexibility index (Phi) is 7.37. The fourth-order valence-corrected chi connectivity index (χ4v) is 2.69. The second-order valence-corrected chi connectivity index (χ2v) is 6.91. The van der Waals surface area contributed by atoms with Crippen molar-refractivity contribution in [1.29, 1.82) is 0 Å². The van der Waals surface area contributed by atoms with Crippen LogP contribution in [0.3, 0.4) is 0 Å². The minimum absolute atomic E-state index is 0.223. The number of ether oxygens (including phenoxy) is 1. The van der Waals surface area contributed by atoms with Crippen molar-refractivity contribution in [2.24, 2.45) is 5.10 Å². The molecule has 7 nitrogen and oxygen atoms in total. The lowest BCUT2D eigenvalue weighted by molar-refractivity contribution is -0.136. The molecule has 0 aliphatic carbocycles. The monoisotopic (exact) mass is 455 g/mol. The molecule has 0 saturated heterocycles. The standard InChI is InChI=1S/C22H15Cl2N3O4/c23-16-11-9-14(10-12-16)22(30)31-19-8-4-1-5-15(19)13-25-27-21(29)20(28)26-18-7-3-2-6-17(18)24/h1-13H,(H,26,28)(H,27,29)/b25-13+. The highest BCUT2D eigenvalue weighted by Gasteiger charge is 2.15. The first-order chi connectivity index (χ1) is 14.9. The number of rotatable bonds is 5. The molecule has 0 aliphatic heterocycles. The number of nitrogens with zero attached hydrogens (tertiary/aromatic N) is 1. The zero-order valence-electron chi connectivity index (χ0n) is 15.8. The van der Waals surface area contributed by atoms with Crippen LogP contribution >= 0.6 is 23.2 Å². The van der Waals surface area contributed by atoms with E-state index in [1.807, 2.05) is 0 Å². The third kappa shape index (κ3) is 6.15. The largest absolute Gasteiger partial charge is 0.422 e. The lowest BCUT2D eigenvalue weighted by Gasteiger charge is -2.07. The molecule has 2 amide bonds. The van der Waals surface area contributed by atoms with E-state index < -0.39 is 17.8 Å². The van der Waals surface area contributed by atoms with Crippen molar-refractivity contribution in [1.82, 2.24) is 5.43 Å². The Labute approximate surface area is 187 Å². The highest BCUT2D eigenvalue weighted by atomic mass is 35.5.